The summed E-state index contributed by atoms with van der Waals surface area (Å²) in [4.78, 5) is 26.9. The Labute approximate surface area is 177 Å². The molecule has 156 valence electrons. The zero-order valence-electron chi connectivity index (χ0n) is 16.7. The average molecular weight is 418 g/mol. The van der Waals surface area contributed by atoms with Crippen LogP contribution in [0.5, 0.6) is 5.75 Å². The zero-order chi connectivity index (χ0) is 20.1. The van der Waals surface area contributed by atoms with Crippen LogP contribution in [-0.4, -0.2) is 37.4 Å². The number of likely N-dealkylation sites (tertiary alicyclic amines) is 1. The Morgan fingerprint density at radius 1 is 1.21 bits per heavy atom. The maximum absolute atomic E-state index is 13.0. The highest BCUT2D eigenvalue weighted by Gasteiger charge is 2.38. The molecule has 1 aliphatic heterocycles. The molecule has 2 aromatic rings. The van der Waals surface area contributed by atoms with Gasteiger partial charge in [0.05, 0.1) is 19.1 Å². The third-order valence-electron chi connectivity index (χ3n) is 5.38. The number of piperidine rings is 1. The lowest BCUT2D eigenvalue weighted by atomic mass is 9.84. The molecule has 1 aliphatic rings. The van der Waals surface area contributed by atoms with Crippen LogP contribution in [0.3, 0.4) is 0 Å². The quantitative estimate of drug-likeness (QED) is 0.756. The highest BCUT2D eigenvalue weighted by atomic mass is 35.5. The molecule has 29 heavy (non-hydrogen) atoms. The summed E-state index contributed by atoms with van der Waals surface area (Å²) < 4.78 is 5.21. The number of benzene rings is 2. The second kappa shape index (κ2) is 10.3. The number of nitrogens with zero attached hydrogens (tertiary/aromatic N) is 1. The Hall–Kier alpha value is -2.57. The summed E-state index contributed by atoms with van der Waals surface area (Å²) in [6, 6.07) is 16.6. The normalized spacial score (nSPS) is 19.8. The standard InChI is InChI=1S/C22H27N3O3.ClH/c1-25-20(26)13-12-18(21(25)16-8-10-17(28-2)11-9-16)22(27)24-14-19(23)15-6-4-3-5-7-15;/h3-11,18-19,21H,12-14,23H2,1-2H3,(H,24,27);1H. The number of nitrogens with one attached hydrogen (secondary N) is 1. The number of halogens is 1. The van der Waals surface area contributed by atoms with Gasteiger partial charge in [0.1, 0.15) is 5.75 Å². The number of hydrogen-bond acceptors (Lipinski definition) is 4. The van der Waals surface area contributed by atoms with E-state index in [1.54, 1.807) is 19.1 Å². The van der Waals surface area contributed by atoms with E-state index >= 15 is 0 Å². The van der Waals surface area contributed by atoms with Gasteiger partial charge in [0.2, 0.25) is 11.8 Å². The van der Waals surface area contributed by atoms with Gasteiger partial charge >= 0.3 is 0 Å². The first-order chi connectivity index (χ1) is 13.5. The third kappa shape index (κ3) is 5.28. The number of carbonyl (C=O) groups excluding carboxylic acids is 2. The molecule has 0 bridgehead atoms. The van der Waals surface area contributed by atoms with Gasteiger partial charge in [-0.05, 0) is 29.7 Å². The monoisotopic (exact) mass is 417 g/mol. The second-order valence-corrected chi connectivity index (χ2v) is 7.13. The van der Waals surface area contributed by atoms with Crippen molar-refractivity contribution < 1.29 is 14.3 Å². The van der Waals surface area contributed by atoms with Crippen molar-refractivity contribution in [2.45, 2.75) is 24.9 Å². The molecule has 0 spiro atoms. The lowest BCUT2D eigenvalue weighted by molar-refractivity contribution is -0.141. The number of carbonyl (C=O) groups is 2. The molecular weight excluding hydrogens is 390 g/mol. The van der Waals surface area contributed by atoms with Crippen LogP contribution in [0.2, 0.25) is 0 Å². The van der Waals surface area contributed by atoms with Crippen LogP contribution in [0.25, 0.3) is 0 Å². The maximum Gasteiger partial charge on any atom is 0.225 e. The highest BCUT2D eigenvalue weighted by Crippen LogP contribution is 2.36. The molecule has 0 saturated carbocycles. The molecule has 0 aliphatic carbocycles. The predicted molar refractivity (Wildman–Crippen MR) is 115 cm³/mol. The molecule has 7 heteroatoms. The Kier molecular flexibility index (Phi) is 8.05. The average Bonchev–Trinajstić information content (AvgIpc) is 2.74. The van der Waals surface area contributed by atoms with Crippen LogP contribution in [0.4, 0.5) is 0 Å². The molecule has 3 unspecified atom stereocenters. The van der Waals surface area contributed by atoms with E-state index < -0.39 is 0 Å². The number of ether oxygens (including phenoxy) is 1. The molecule has 3 rings (SSSR count). The molecule has 2 amide bonds. The van der Waals surface area contributed by atoms with Gasteiger partial charge in [0.15, 0.2) is 0 Å². The fraction of sp³-hybridized carbons (Fsp3) is 0.364. The van der Waals surface area contributed by atoms with Crippen LogP contribution in [0.1, 0.15) is 36.1 Å². The van der Waals surface area contributed by atoms with Gasteiger partial charge in [-0.25, -0.2) is 0 Å². The van der Waals surface area contributed by atoms with Crippen molar-refractivity contribution in [2.24, 2.45) is 11.7 Å². The maximum atomic E-state index is 13.0. The molecule has 0 radical (unpaired) electrons. The Balaban J connectivity index is 0.00000300. The summed E-state index contributed by atoms with van der Waals surface area (Å²) in [6.45, 7) is 0.354. The van der Waals surface area contributed by atoms with E-state index in [1.165, 1.54) is 0 Å². The van der Waals surface area contributed by atoms with Gasteiger partial charge in [0.25, 0.3) is 0 Å². The molecule has 3 atom stereocenters. The fourth-order valence-electron chi connectivity index (χ4n) is 3.73. The van der Waals surface area contributed by atoms with E-state index in [2.05, 4.69) is 5.32 Å². The zero-order valence-corrected chi connectivity index (χ0v) is 17.5. The first kappa shape index (κ1) is 22.7. The first-order valence-electron chi connectivity index (χ1n) is 9.49. The van der Waals surface area contributed by atoms with E-state index in [0.29, 0.717) is 19.4 Å². The minimum atomic E-state index is -0.320. The highest BCUT2D eigenvalue weighted by molar-refractivity contribution is 5.85. The van der Waals surface area contributed by atoms with Crippen LogP contribution in [-0.2, 0) is 9.59 Å². The van der Waals surface area contributed by atoms with Crippen molar-refractivity contribution in [2.75, 3.05) is 20.7 Å². The Morgan fingerprint density at radius 3 is 2.48 bits per heavy atom. The number of rotatable bonds is 6. The summed E-state index contributed by atoms with van der Waals surface area (Å²) in [5, 5.41) is 2.98. The number of nitrogens with two attached hydrogens (primary N) is 1. The summed E-state index contributed by atoms with van der Waals surface area (Å²) in [6.07, 6.45) is 0.887. The summed E-state index contributed by atoms with van der Waals surface area (Å²) >= 11 is 0. The van der Waals surface area contributed by atoms with Crippen molar-refractivity contribution in [1.82, 2.24) is 10.2 Å². The second-order valence-electron chi connectivity index (χ2n) is 7.13. The molecular formula is C22H28ClN3O3. The number of methoxy groups -OCH3 is 1. The predicted octanol–water partition coefficient (Wildman–Crippen LogP) is 2.84. The molecule has 1 saturated heterocycles. The van der Waals surface area contributed by atoms with E-state index in [4.69, 9.17) is 10.5 Å². The summed E-state index contributed by atoms with van der Waals surface area (Å²) in [5.41, 5.74) is 8.10. The lowest BCUT2D eigenvalue weighted by Crippen LogP contribution is -2.47. The van der Waals surface area contributed by atoms with Crippen LogP contribution >= 0.6 is 12.4 Å². The summed E-state index contributed by atoms with van der Waals surface area (Å²) in [7, 11) is 3.36. The molecule has 2 aromatic carbocycles. The van der Waals surface area contributed by atoms with Gasteiger partial charge < -0.3 is 20.7 Å². The number of hydrogen-bond donors (Lipinski definition) is 2. The van der Waals surface area contributed by atoms with E-state index in [9.17, 15) is 9.59 Å². The minimum absolute atomic E-state index is 0. The van der Waals surface area contributed by atoms with Gasteiger partial charge in [-0.15, -0.1) is 12.4 Å². The lowest BCUT2D eigenvalue weighted by Gasteiger charge is -2.38. The first-order valence-corrected chi connectivity index (χ1v) is 9.49. The van der Waals surface area contributed by atoms with Crippen molar-refractivity contribution in [1.29, 1.82) is 0 Å². The van der Waals surface area contributed by atoms with E-state index in [-0.39, 0.29) is 42.2 Å². The molecule has 1 fully saturated rings. The largest absolute Gasteiger partial charge is 0.497 e. The topological polar surface area (TPSA) is 84.7 Å². The van der Waals surface area contributed by atoms with Crippen LogP contribution in [0.15, 0.2) is 54.6 Å². The number of amides is 2. The van der Waals surface area contributed by atoms with Crippen molar-refractivity contribution in [3.8, 4) is 5.75 Å². The van der Waals surface area contributed by atoms with Crippen molar-refractivity contribution in [3.63, 3.8) is 0 Å². The fourth-order valence-corrected chi connectivity index (χ4v) is 3.73. The molecule has 1 heterocycles. The van der Waals surface area contributed by atoms with Gasteiger partial charge in [-0.1, -0.05) is 42.5 Å². The summed E-state index contributed by atoms with van der Waals surface area (Å²) in [5.74, 6) is 0.389. The smallest absolute Gasteiger partial charge is 0.225 e. The van der Waals surface area contributed by atoms with Crippen molar-refractivity contribution >= 4 is 24.2 Å². The SMILES string of the molecule is COc1ccc(C2C(C(=O)NCC(N)c3ccccc3)CCC(=O)N2C)cc1.Cl. The molecule has 0 aromatic heterocycles. The Bertz CT molecular complexity index is 814. The van der Waals surface area contributed by atoms with Gasteiger partial charge in [-0.2, -0.15) is 0 Å². The van der Waals surface area contributed by atoms with E-state index in [1.807, 2.05) is 54.6 Å². The van der Waals surface area contributed by atoms with Crippen LogP contribution in [0, 0.1) is 5.92 Å². The third-order valence-corrected chi connectivity index (χ3v) is 5.38. The van der Waals surface area contributed by atoms with Gasteiger partial charge in [0, 0.05) is 26.1 Å². The molecule has 3 N–H and O–H groups in total. The van der Waals surface area contributed by atoms with Gasteiger partial charge in [-0.3, -0.25) is 9.59 Å². The minimum Gasteiger partial charge on any atom is -0.497 e. The Morgan fingerprint density at radius 2 is 1.86 bits per heavy atom. The van der Waals surface area contributed by atoms with E-state index in [0.717, 1.165) is 16.9 Å². The van der Waals surface area contributed by atoms with Crippen LogP contribution < -0.4 is 15.8 Å². The van der Waals surface area contributed by atoms with Crippen molar-refractivity contribution in [3.05, 3.63) is 65.7 Å². The molecule has 6 nitrogen and oxygen atoms in total.